The molecule has 0 aliphatic carbocycles. The number of amides is 1. The van der Waals surface area contributed by atoms with Crippen molar-refractivity contribution in [3.05, 3.63) is 17.5 Å². The number of aromatic nitrogens is 2. The Balaban J connectivity index is 2.15. The molecule has 1 aliphatic heterocycles. The number of carbonyl (C=O) groups excluding carboxylic acids is 1. The first-order valence-electron chi connectivity index (χ1n) is 6.02. The SMILES string of the molecule is Cc1c(C(=O)N2CC(C)OC(CCl)C2)cnn1C. The molecule has 0 saturated carbocycles. The van der Waals surface area contributed by atoms with Gasteiger partial charge in [0, 0.05) is 25.8 Å². The molecule has 18 heavy (non-hydrogen) atoms. The lowest BCUT2D eigenvalue weighted by Crippen LogP contribution is -2.49. The summed E-state index contributed by atoms with van der Waals surface area (Å²) in [5, 5.41) is 4.10. The van der Waals surface area contributed by atoms with Crippen LogP contribution < -0.4 is 0 Å². The van der Waals surface area contributed by atoms with E-state index in [2.05, 4.69) is 5.10 Å². The van der Waals surface area contributed by atoms with E-state index >= 15 is 0 Å². The van der Waals surface area contributed by atoms with Crippen LogP contribution in [0.2, 0.25) is 0 Å². The van der Waals surface area contributed by atoms with Crippen LogP contribution in [0.5, 0.6) is 0 Å². The summed E-state index contributed by atoms with van der Waals surface area (Å²) < 4.78 is 7.34. The van der Waals surface area contributed by atoms with Crippen molar-refractivity contribution in [3.63, 3.8) is 0 Å². The van der Waals surface area contributed by atoms with Gasteiger partial charge in [0.25, 0.3) is 5.91 Å². The highest BCUT2D eigenvalue weighted by atomic mass is 35.5. The molecule has 1 fully saturated rings. The molecule has 100 valence electrons. The summed E-state index contributed by atoms with van der Waals surface area (Å²) in [4.78, 5) is 14.2. The van der Waals surface area contributed by atoms with Crippen LogP contribution >= 0.6 is 11.6 Å². The van der Waals surface area contributed by atoms with Gasteiger partial charge in [0.1, 0.15) is 0 Å². The third-order valence-electron chi connectivity index (χ3n) is 3.25. The maximum atomic E-state index is 12.4. The van der Waals surface area contributed by atoms with Gasteiger partial charge < -0.3 is 9.64 Å². The first-order chi connectivity index (χ1) is 8.52. The van der Waals surface area contributed by atoms with E-state index in [1.165, 1.54) is 0 Å². The Labute approximate surface area is 112 Å². The lowest BCUT2D eigenvalue weighted by Gasteiger charge is -2.36. The van der Waals surface area contributed by atoms with Crippen LogP contribution in [0.1, 0.15) is 23.0 Å². The van der Waals surface area contributed by atoms with Crippen molar-refractivity contribution in [1.82, 2.24) is 14.7 Å². The first kappa shape index (κ1) is 13.4. The molecule has 2 atom stereocenters. The van der Waals surface area contributed by atoms with Gasteiger partial charge in [-0.1, -0.05) is 0 Å². The second-order valence-electron chi connectivity index (χ2n) is 4.70. The number of nitrogens with zero attached hydrogens (tertiary/aromatic N) is 3. The average Bonchev–Trinajstić information content (AvgIpc) is 2.68. The van der Waals surface area contributed by atoms with Gasteiger partial charge in [0.05, 0.1) is 29.8 Å². The third kappa shape index (κ3) is 2.52. The van der Waals surface area contributed by atoms with E-state index in [-0.39, 0.29) is 18.1 Å². The molecule has 2 unspecified atom stereocenters. The van der Waals surface area contributed by atoms with E-state index in [1.54, 1.807) is 15.8 Å². The normalized spacial score (nSPS) is 24.3. The Morgan fingerprint density at radius 1 is 1.61 bits per heavy atom. The molecule has 0 bridgehead atoms. The molecule has 1 aromatic rings. The van der Waals surface area contributed by atoms with Crippen LogP contribution in [0.15, 0.2) is 6.20 Å². The van der Waals surface area contributed by atoms with Crippen LogP contribution in [-0.4, -0.2) is 51.8 Å². The van der Waals surface area contributed by atoms with Gasteiger partial charge in [-0.3, -0.25) is 9.48 Å². The van der Waals surface area contributed by atoms with Gasteiger partial charge >= 0.3 is 0 Å². The third-order valence-corrected chi connectivity index (χ3v) is 3.60. The van der Waals surface area contributed by atoms with E-state index in [0.29, 0.717) is 24.5 Å². The number of hydrogen-bond acceptors (Lipinski definition) is 3. The van der Waals surface area contributed by atoms with Crippen molar-refractivity contribution >= 4 is 17.5 Å². The minimum absolute atomic E-state index is 0.00543. The fourth-order valence-electron chi connectivity index (χ4n) is 2.18. The molecule has 1 aliphatic rings. The topological polar surface area (TPSA) is 47.4 Å². The summed E-state index contributed by atoms with van der Waals surface area (Å²) in [6, 6.07) is 0. The van der Waals surface area contributed by atoms with E-state index in [1.807, 2.05) is 20.9 Å². The number of morpholine rings is 1. The Morgan fingerprint density at radius 3 is 2.89 bits per heavy atom. The summed E-state index contributed by atoms with van der Waals surface area (Å²) >= 11 is 5.82. The second kappa shape index (κ2) is 5.28. The number of alkyl halides is 1. The Bertz CT molecular complexity index is 447. The number of rotatable bonds is 2. The van der Waals surface area contributed by atoms with Crippen molar-refractivity contribution in [2.45, 2.75) is 26.1 Å². The first-order valence-corrected chi connectivity index (χ1v) is 6.55. The van der Waals surface area contributed by atoms with Gasteiger partial charge in [-0.15, -0.1) is 11.6 Å². The lowest BCUT2D eigenvalue weighted by atomic mass is 10.1. The summed E-state index contributed by atoms with van der Waals surface area (Å²) in [6.07, 6.45) is 1.55. The zero-order valence-corrected chi connectivity index (χ0v) is 11.6. The second-order valence-corrected chi connectivity index (χ2v) is 5.01. The Hall–Kier alpha value is -1.07. The lowest BCUT2D eigenvalue weighted by molar-refractivity contribution is -0.0570. The molecule has 2 heterocycles. The number of aryl methyl sites for hydroxylation is 1. The fraction of sp³-hybridized carbons (Fsp3) is 0.667. The average molecular weight is 272 g/mol. The van der Waals surface area contributed by atoms with Gasteiger partial charge in [-0.2, -0.15) is 5.10 Å². The number of hydrogen-bond donors (Lipinski definition) is 0. The van der Waals surface area contributed by atoms with Crippen molar-refractivity contribution in [2.75, 3.05) is 19.0 Å². The van der Waals surface area contributed by atoms with Crippen LogP contribution in [0.3, 0.4) is 0 Å². The minimum Gasteiger partial charge on any atom is -0.370 e. The van der Waals surface area contributed by atoms with Crippen LogP contribution in [0, 0.1) is 6.92 Å². The summed E-state index contributed by atoms with van der Waals surface area (Å²) in [6.45, 7) is 4.99. The molecule has 0 N–H and O–H groups in total. The smallest absolute Gasteiger partial charge is 0.257 e. The van der Waals surface area contributed by atoms with Crippen LogP contribution in [0.4, 0.5) is 0 Å². The molecule has 0 spiro atoms. The van der Waals surface area contributed by atoms with E-state index in [0.717, 1.165) is 5.69 Å². The predicted molar refractivity (Wildman–Crippen MR) is 68.9 cm³/mol. The number of carbonyl (C=O) groups is 1. The number of ether oxygens (including phenoxy) is 1. The minimum atomic E-state index is -0.0867. The highest BCUT2D eigenvalue weighted by Gasteiger charge is 2.29. The van der Waals surface area contributed by atoms with Gasteiger partial charge in [0.2, 0.25) is 0 Å². The maximum absolute atomic E-state index is 12.4. The van der Waals surface area contributed by atoms with Crippen molar-refractivity contribution in [2.24, 2.45) is 7.05 Å². The van der Waals surface area contributed by atoms with Crippen molar-refractivity contribution in [1.29, 1.82) is 0 Å². The fourth-order valence-corrected chi connectivity index (χ4v) is 2.35. The highest BCUT2D eigenvalue weighted by molar-refractivity contribution is 6.18. The van der Waals surface area contributed by atoms with Crippen molar-refractivity contribution < 1.29 is 9.53 Å². The van der Waals surface area contributed by atoms with Crippen LogP contribution in [-0.2, 0) is 11.8 Å². The predicted octanol–water partition coefficient (Wildman–Crippen LogP) is 1.20. The molecular formula is C12H18ClN3O2. The van der Waals surface area contributed by atoms with E-state index in [4.69, 9.17) is 16.3 Å². The quantitative estimate of drug-likeness (QED) is 0.760. The summed E-state index contributed by atoms with van der Waals surface area (Å²) in [7, 11) is 1.83. The summed E-state index contributed by atoms with van der Waals surface area (Å²) in [5.74, 6) is 0.408. The number of halogens is 1. The van der Waals surface area contributed by atoms with Gasteiger partial charge in [-0.25, -0.2) is 0 Å². The molecular weight excluding hydrogens is 254 g/mol. The monoisotopic (exact) mass is 271 g/mol. The maximum Gasteiger partial charge on any atom is 0.257 e. The Kier molecular flexibility index (Phi) is 3.92. The Morgan fingerprint density at radius 2 is 2.33 bits per heavy atom. The summed E-state index contributed by atoms with van der Waals surface area (Å²) in [5.41, 5.74) is 1.53. The molecule has 0 aromatic carbocycles. The largest absolute Gasteiger partial charge is 0.370 e. The molecule has 1 aromatic heterocycles. The van der Waals surface area contributed by atoms with Gasteiger partial charge in [-0.05, 0) is 13.8 Å². The van der Waals surface area contributed by atoms with Gasteiger partial charge in [0.15, 0.2) is 0 Å². The molecule has 6 heteroatoms. The van der Waals surface area contributed by atoms with Crippen LogP contribution in [0.25, 0.3) is 0 Å². The molecule has 2 rings (SSSR count). The molecule has 1 saturated heterocycles. The zero-order valence-electron chi connectivity index (χ0n) is 10.9. The molecule has 5 nitrogen and oxygen atoms in total. The molecule has 1 amide bonds. The standard InChI is InChI=1S/C12H18ClN3O2/c1-8-6-16(7-10(4-13)18-8)12(17)11-5-14-15(3)9(11)2/h5,8,10H,4,6-7H2,1-3H3. The van der Waals surface area contributed by atoms with E-state index in [9.17, 15) is 4.79 Å². The van der Waals surface area contributed by atoms with E-state index < -0.39 is 0 Å². The highest BCUT2D eigenvalue weighted by Crippen LogP contribution is 2.17. The molecule has 0 radical (unpaired) electrons. The van der Waals surface area contributed by atoms with Crippen molar-refractivity contribution in [3.8, 4) is 0 Å². The zero-order chi connectivity index (χ0) is 13.3.